The summed E-state index contributed by atoms with van der Waals surface area (Å²) < 4.78 is 4.64. The molecule has 1 rings (SSSR count). The van der Waals surface area contributed by atoms with Crippen LogP contribution in [-0.2, 0) is 9.59 Å². The van der Waals surface area contributed by atoms with E-state index < -0.39 is 0 Å². The van der Waals surface area contributed by atoms with E-state index in [1.807, 2.05) is 0 Å². The average Bonchev–Trinajstić information content (AvgIpc) is 2.94. The molecule has 0 radical (unpaired) electrons. The number of carbonyl (C=O) groups is 2. The molecule has 6 heteroatoms. The van der Waals surface area contributed by atoms with Gasteiger partial charge in [0.1, 0.15) is 6.26 Å². The van der Waals surface area contributed by atoms with E-state index in [9.17, 15) is 9.59 Å². The predicted molar refractivity (Wildman–Crippen MR) is 76.1 cm³/mol. The van der Waals surface area contributed by atoms with Crippen LogP contribution in [0.3, 0.4) is 0 Å². The molecule has 0 unspecified atom stereocenters. The number of hydrogen-bond donors (Lipinski definition) is 1. The van der Waals surface area contributed by atoms with Crippen molar-refractivity contribution in [2.45, 2.75) is 46.0 Å². The Bertz CT molecular complexity index is 404. The van der Waals surface area contributed by atoms with Gasteiger partial charge in [-0.05, 0) is 6.42 Å². The molecule has 6 nitrogen and oxygen atoms in total. The summed E-state index contributed by atoms with van der Waals surface area (Å²) in [4.78, 5) is 25.3. The molecule has 0 saturated carbocycles. The van der Waals surface area contributed by atoms with Gasteiger partial charge in [-0.25, -0.2) is 0 Å². The summed E-state index contributed by atoms with van der Waals surface area (Å²) in [6.45, 7) is 4.63. The van der Waals surface area contributed by atoms with Gasteiger partial charge in [-0.2, -0.15) is 0 Å². The van der Waals surface area contributed by atoms with Gasteiger partial charge in [0, 0.05) is 19.0 Å². The number of nitrogens with one attached hydrogen (secondary N) is 1. The van der Waals surface area contributed by atoms with Gasteiger partial charge in [-0.15, -0.1) is 0 Å². The highest BCUT2D eigenvalue weighted by Gasteiger charge is 2.15. The standard InChI is InChI=1S/C14H23N3O3/c1-3-5-6-7-9-17(14(19)4-2)11-13(18)15-12-8-10-20-16-12/h8,10H,3-7,9,11H2,1-2H3,(H,15,16,18). The normalized spacial score (nSPS) is 10.3. The molecule has 1 aromatic rings. The first-order valence-corrected chi connectivity index (χ1v) is 7.15. The summed E-state index contributed by atoms with van der Waals surface area (Å²) in [5.41, 5.74) is 0. The van der Waals surface area contributed by atoms with Crippen molar-refractivity contribution < 1.29 is 14.1 Å². The maximum Gasteiger partial charge on any atom is 0.245 e. The number of aromatic nitrogens is 1. The van der Waals surface area contributed by atoms with Crippen molar-refractivity contribution in [2.75, 3.05) is 18.4 Å². The lowest BCUT2D eigenvalue weighted by Crippen LogP contribution is -2.38. The van der Waals surface area contributed by atoms with Gasteiger partial charge >= 0.3 is 0 Å². The molecule has 0 atom stereocenters. The Kier molecular flexibility index (Phi) is 7.39. The lowest BCUT2D eigenvalue weighted by molar-refractivity contribution is -0.134. The minimum Gasteiger partial charge on any atom is -0.363 e. The second-order valence-electron chi connectivity index (χ2n) is 4.66. The van der Waals surface area contributed by atoms with Crippen LogP contribution >= 0.6 is 0 Å². The van der Waals surface area contributed by atoms with E-state index >= 15 is 0 Å². The van der Waals surface area contributed by atoms with E-state index in [-0.39, 0.29) is 18.4 Å². The highest BCUT2D eigenvalue weighted by molar-refractivity contribution is 5.93. The first-order chi connectivity index (χ1) is 9.67. The van der Waals surface area contributed by atoms with Crippen LogP contribution < -0.4 is 5.32 Å². The third-order valence-electron chi connectivity index (χ3n) is 2.98. The maximum atomic E-state index is 11.8. The number of amides is 2. The topological polar surface area (TPSA) is 75.4 Å². The van der Waals surface area contributed by atoms with Crippen molar-refractivity contribution in [3.05, 3.63) is 12.3 Å². The lowest BCUT2D eigenvalue weighted by Gasteiger charge is -2.21. The van der Waals surface area contributed by atoms with Crippen molar-refractivity contribution in [3.8, 4) is 0 Å². The summed E-state index contributed by atoms with van der Waals surface area (Å²) in [5, 5.41) is 6.20. The second-order valence-corrected chi connectivity index (χ2v) is 4.66. The van der Waals surface area contributed by atoms with Crippen LogP contribution in [0, 0.1) is 0 Å². The first-order valence-electron chi connectivity index (χ1n) is 7.15. The van der Waals surface area contributed by atoms with Crippen LogP contribution in [0.5, 0.6) is 0 Å². The van der Waals surface area contributed by atoms with Crippen LogP contribution in [0.15, 0.2) is 16.9 Å². The highest BCUT2D eigenvalue weighted by atomic mass is 16.5. The molecular formula is C14H23N3O3. The fraction of sp³-hybridized carbons (Fsp3) is 0.643. The summed E-state index contributed by atoms with van der Waals surface area (Å²) in [5.74, 6) is 0.109. The zero-order chi connectivity index (χ0) is 14.8. The molecule has 0 fully saturated rings. The number of unbranched alkanes of at least 4 members (excludes halogenated alkanes) is 3. The van der Waals surface area contributed by atoms with Crippen molar-refractivity contribution >= 4 is 17.6 Å². The second kappa shape index (κ2) is 9.12. The molecule has 0 spiro atoms. The Hall–Kier alpha value is -1.85. The van der Waals surface area contributed by atoms with Crippen molar-refractivity contribution in [3.63, 3.8) is 0 Å². The molecule has 0 aliphatic heterocycles. The molecule has 1 N–H and O–H groups in total. The number of anilines is 1. The van der Waals surface area contributed by atoms with Crippen LogP contribution in [0.25, 0.3) is 0 Å². The minimum absolute atomic E-state index is 0.00296. The van der Waals surface area contributed by atoms with Crippen LogP contribution in [0.4, 0.5) is 5.82 Å². The van der Waals surface area contributed by atoms with Crippen LogP contribution in [0.1, 0.15) is 46.0 Å². The predicted octanol–water partition coefficient (Wildman–Crippen LogP) is 2.43. The average molecular weight is 281 g/mol. The summed E-state index contributed by atoms with van der Waals surface area (Å²) in [7, 11) is 0. The molecular weight excluding hydrogens is 258 g/mol. The third kappa shape index (κ3) is 5.86. The monoisotopic (exact) mass is 281 g/mol. The van der Waals surface area contributed by atoms with Gasteiger partial charge in [-0.3, -0.25) is 9.59 Å². The molecule has 0 aromatic carbocycles. The summed E-state index contributed by atoms with van der Waals surface area (Å²) >= 11 is 0. The zero-order valence-electron chi connectivity index (χ0n) is 12.2. The van der Waals surface area contributed by atoms with Crippen molar-refractivity contribution in [1.29, 1.82) is 0 Å². The van der Waals surface area contributed by atoms with Crippen molar-refractivity contribution in [1.82, 2.24) is 10.1 Å². The molecule has 0 bridgehead atoms. The molecule has 20 heavy (non-hydrogen) atoms. The molecule has 2 amide bonds. The number of hydrogen-bond acceptors (Lipinski definition) is 4. The van der Waals surface area contributed by atoms with Gasteiger partial charge < -0.3 is 14.7 Å². The third-order valence-corrected chi connectivity index (χ3v) is 2.98. The Morgan fingerprint density at radius 2 is 2.10 bits per heavy atom. The first kappa shape index (κ1) is 16.2. The molecule has 1 aromatic heterocycles. The summed E-state index contributed by atoms with van der Waals surface area (Å²) in [6.07, 6.45) is 6.10. The Balaban J connectivity index is 2.42. The Morgan fingerprint density at radius 3 is 2.70 bits per heavy atom. The molecule has 0 saturated heterocycles. The number of nitrogens with zero attached hydrogens (tertiary/aromatic N) is 2. The van der Waals surface area contributed by atoms with Crippen LogP contribution in [0.2, 0.25) is 0 Å². The Morgan fingerprint density at radius 1 is 1.30 bits per heavy atom. The van der Waals surface area contributed by atoms with Gasteiger partial charge in [0.05, 0.1) is 6.54 Å². The summed E-state index contributed by atoms with van der Waals surface area (Å²) in [6, 6.07) is 1.56. The maximum absolute atomic E-state index is 11.8. The van der Waals surface area contributed by atoms with E-state index in [1.54, 1.807) is 17.9 Å². The van der Waals surface area contributed by atoms with E-state index in [4.69, 9.17) is 0 Å². The number of rotatable bonds is 9. The smallest absolute Gasteiger partial charge is 0.245 e. The van der Waals surface area contributed by atoms with Gasteiger partial charge in [-0.1, -0.05) is 38.3 Å². The van der Waals surface area contributed by atoms with Gasteiger partial charge in [0.15, 0.2) is 5.82 Å². The zero-order valence-corrected chi connectivity index (χ0v) is 12.2. The molecule has 0 aliphatic carbocycles. The quantitative estimate of drug-likeness (QED) is 0.705. The van der Waals surface area contributed by atoms with E-state index in [0.29, 0.717) is 18.8 Å². The highest BCUT2D eigenvalue weighted by Crippen LogP contribution is 2.05. The van der Waals surface area contributed by atoms with Gasteiger partial charge in [0.25, 0.3) is 0 Å². The van der Waals surface area contributed by atoms with Crippen LogP contribution in [-0.4, -0.2) is 35.0 Å². The fourth-order valence-electron chi connectivity index (χ4n) is 1.88. The van der Waals surface area contributed by atoms with Gasteiger partial charge in [0.2, 0.25) is 11.8 Å². The van der Waals surface area contributed by atoms with E-state index in [0.717, 1.165) is 25.7 Å². The fourth-order valence-corrected chi connectivity index (χ4v) is 1.88. The molecule has 112 valence electrons. The molecule has 0 aliphatic rings. The SMILES string of the molecule is CCCCCCN(CC(=O)Nc1ccon1)C(=O)CC. The van der Waals surface area contributed by atoms with E-state index in [2.05, 4.69) is 21.9 Å². The Labute approximate surface area is 119 Å². The minimum atomic E-state index is -0.254. The largest absolute Gasteiger partial charge is 0.363 e. The lowest BCUT2D eigenvalue weighted by atomic mass is 10.2. The van der Waals surface area contributed by atoms with E-state index in [1.165, 1.54) is 6.26 Å². The number of carbonyl (C=O) groups excluding carboxylic acids is 2. The van der Waals surface area contributed by atoms with Crippen molar-refractivity contribution in [2.24, 2.45) is 0 Å². The molecule has 1 heterocycles.